The SMILES string of the molecule is CCCCNC(=O)c1ccc(CNC(=O)C(C)CNC)cc1.Cl. The summed E-state index contributed by atoms with van der Waals surface area (Å²) in [5.74, 6) is -0.0870. The van der Waals surface area contributed by atoms with Crippen molar-refractivity contribution in [2.75, 3.05) is 20.1 Å². The fourth-order valence-corrected chi connectivity index (χ4v) is 2.02. The largest absolute Gasteiger partial charge is 0.352 e. The third-order valence-electron chi connectivity index (χ3n) is 3.46. The summed E-state index contributed by atoms with van der Waals surface area (Å²) in [4.78, 5) is 23.7. The Morgan fingerprint density at radius 3 is 2.35 bits per heavy atom. The molecule has 0 aromatic heterocycles. The van der Waals surface area contributed by atoms with Gasteiger partial charge >= 0.3 is 0 Å². The van der Waals surface area contributed by atoms with Gasteiger partial charge in [-0.25, -0.2) is 0 Å². The Balaban J connectivity index is 0.00000484. The van der Waals surface area contributed by atoms with Gasteiger partial charge in [-0.3, -0.25) is 9.59 Å². The number of rotatable bonds is 9. The van der Waals surface area contributed by atoms with Crippen LogP contribution in [0.2, 0.25) is 0 Å². The molecule has 0 fully saturated rings. The lowest BCUT2D eigenvalue weighted by Crippen LogP contribution is -2.33. The van der Waals surface area contributed by atoms with Crippen LogP contribution in [0.4, 0.5) is 0 Å². The van der Waals surface area contributed by atoms with Crippen LogP contribution in [0.15, 0.2) is 24.3 Å². The lowest BCUT2D eigenvalue weighted by atomic mass is 10.1. The maximum absolute atomic E-state index is 11.9. The molecule has 1 aromatic carbocycles. The van der Waals surface area contributed by atoms with Crippen molar-refractivity contribution in [3.63, 3.8) is 0 Å². The average Bonchev–Trinajstić information content (AvgIpc) is 2.53. The highest BCUT2D eigenvalue weighted by atomic mass is 35.5. The van der Waals surface area contributed by atoms with E-state index in [1.807, 2.05) is 26.1 Å². The smallest absolute Gasteiger partial charge is 0.251 e. The van der Waals surface area contributed by atoms with Crippen molar-refractivity contribution in [2.24, 2.45) is 5.92 Å². The molecule has 1 aromatic rings. The van der Waals surface area contributed by atoms with Crippen LogP contribution in [-0.4, -0.2) is 32.0 Å². The van der Waals surface area contributed by atoms with Crippen molar-refractivity contribution in [2.45, 2.75) is 33.2 Å². The Morgan fingerprint density at radius 1 is 1.13 bits per heavy atom. The Morgan fingerprint density at radius 2 is 1.78 bits per heavy atom. The molecule has 0 spiro atoms. The van der Waals surface area contributed by atoms with Crippen molar-refractivity contribution in [3.05, 3.63) is 35.4 Å². The molecule has 130 valence electrons. The lowest BCUT2D eigenvalue weighted by Gasteiger charge is -2.12. The molecule has 0 bridgehead atoms. The highest BCUT2D eigenvalue weighted by Crippen LogP contribution is 2.05. The van der Waals surface area contributed by atoms with Gasteiger partial charge in [0, 0.05) is 31.1 Å². The van der Waals surface area contributed by atoms with Crippen LogP contribution < -0.4 is 16.0 Å². The molecule has 23 heavy (non-hydrogen) atoms. The normalized spacial score (nSPS) is 11.3. The Kier molecular flexibility index (Phi) is 11.1. The van der Waals surface area contributed by atoms with E-state index >= 15 is 0 Å². The predicted molar refractivity (Wildman–Crippen MR) is 95.9 cm³/mol. The molecule has 1 rings (SSSR count). The number of amides is 2. The topological polar surface area (TPSA) is 70.2 Å². The summed E-state index contributed by atoms with van der Waals surface area (Å²) >= 11 is 0. The maximum atomic E-state index is 11.9. The summed E-state index contributed by atoms with van der Waals surface area (Å²) in [6.07, 6.45) is 2.05. The first-order valence-electron chi connectivity index (χ1n) is 7.88. The molecule has 0 aliphatic carbocycles. The molecule has 5 nitrogen and oxygen atoms in total. The van der Waals surface area contributed by atoms with Crippen LogP contribution in [0.3, 0.4) is 0 Å². The monoisotopic (exact) mass is 341 g/mol. The summed E-state index contributed by atoms with van der Waals surface area (Å²) in [5.41, 5.74) is 1.63. The molecular formula is C17H28ClN3O2. The summed E-state index contributed by atoms with van der Waals surface area (Å²) in [7, 11) is 1.83. The fraction of sp³-hybridized carbons (Fsp3) is 0.529. The van der Waals surface area contributed by atoms with Crippen LogP contribution in [0, 0.1) is 5.92 Å². The van der Waals surface area contributed by atoms with E-state index in [4.69, 9.17) is 0 Å². The minimum absolute atomic E-state index is 0. The molecule has 0 heterocycles. The number of benzene rings is 1. The number of carbonyl (C=O) groups excluding carboxylic acids is 2. The Hall–Kier alpha value is -1.59. The second-order valence-electron chi connectivity index (χ2n) is 5.48. The van der Waals surface area contributed by atoms with Gasteiger partial charge in [-0.15, -0.1) is 12.4 Å². The lowest BCUT2D eigenvalue weighted by molar-refractivity contribution is -0.124. The van der Waals surface area contributed by atoms with E-state index < -0.39 is 0 Å². The standard InChI is InChI=1S/C17H27N3O2.ClH/c1-4-5-10-19-17(22)15-8-6-14(7-9-15)12-20-16(21)13(2)11-18-3;/h6-9,13,18H,4-5,10-12H2,1-3H3,(H,19,22)(H,20,21);1H. The number of unbranched alkanes of at least 4 members (excludes halogenated alkanes) is 1. The third kappa shape index (κ3) is 8.00. The van der Waals surface area contributed by atoms with Gasteiger partial charge in [-0.1, -0.05) is 32.4 Å². The quantitative estimate of drug-likeness (QED) is 0.602. The van der Waals surface area contributed by atoms with Crippen LogP contribution in [-0.2, 0) is 11.3 Å². The first-order chi connectivity index (χ1) is 10.6. The number of halogens is 1. The van der Waals surface area contributed by atoms with Crippen LogP contribution in [0.25, 0.3) is 0 Å². The summed E-state index contributed by atoms with van der Waals surface area (Å²) in [6, 6.07) is 7.33. The van der Waals surface area contributed by atoms with Crippen molar-refractivity contribution in [1.29, 1.82) is 0 Å². The molecule has 1 unspecified atom stereocenters. The minimum Gasteiger partial charge on any atom is -0.352 e. The second-order valence-corrected chi connectivity index (χ2v) is 5.48. The molecule has 1 atom stereocenters. The molecule has 2 amide bonds. The van der Waals surface area contributed by atoms with Gasteiger partial charge in [-0.05, 0) is 31.2 Å². The molecule has 0 saturated heterocycles. The van der Waals surface area contributed by atoms with Gasteiger partial charge in [-0.2, -0.15) is 0 Å². The van der Waals surface area contributed by atoms with Gasteiger partial charge in [0.2, 0.25) is 5.91 Å². The predicted octanol–water partition coefficient (Wildman–Crippen LogP) is 2.11. The zero-order valence-corrected chi connectivity index (χ0v) is 15.0. The van der Waals surface area contributed by atoms with E-state index in [-0.39, 0.29) is 30.1 Å². The van der Waals surface area contributed by atoms with Crippen molar-refractivity contribution in [1.82, 2.24) is 16.0 Å². The molecular weight excluding hydrogens is 314 g/mol. The van der Waals surface area contributed by atoms with Crippen LogP contribution in [0.5, 0.6) is 0 Å². The third-order valence-corrected chi connectivity index (χ3v) is 3.46. The highest BCUT2D eigenvalue weighted by Gasteiger charge is 2.11. The maximum Gasteiger partial charge on any atom is 0.251 e. The second kappa shape index (κ2) is 11.9. The summed E-state index contributed by atoms with van der Waals surface area (Å²) < 4.78 is 0. The van der Waals surface area contributed by atoms with Gasteiger partial charge in [0.25, 0.3) is 5.91 Å². The first-order valence-corrected chi connectivity index (χ1v) is 7.88. The number of hydrogen-bond donors (Lipinski definition) is 3. The number of carbonyl (C=O) groups is 2. The van der Waals surface area contributed by atoms with E-state index in [1.54, 1.807) is 12.1 Å². The first kappa shape index (κ1) is 21.4. The summed E-state index contributed by atoms with van der Waals surface area (Å²) in [5, 5.41) is 8.76. The zero-order valence-electron chi connectivity index (χ0n) is 14.1. The van der Waals surface area contributed by atoms with E-state index in [9.17, 15) is 9.59 Å². The van der Waals surface area contributed by atoms with E-state index in [0.29, 0.717) is 25.2 Å². The zero-order chi connectivity index (χ0) is 16.4. The van der Waals surface area contributed by atoms with Crippen molar-refractivity contribution < 1.29 is 9.59 Å². The molecule has 0 saturated carbocycles. The molecule has 0 radical (unpaired) electrons. The summed E-state index contributed by atoms with van der Waals surface area (Å²) in [6.45, 7) is 5.81. The number of nitrogens with one attached hydrogen (secondary N) is 3. The minimum atomic E-state index is -0.0615. The van der Waals surface area contributed by atoms with E-state index in [1.165, 1.54) is 0 Å². The van der Waals surface area contributed by atoms with Gasteiger partial charge in [0.1, 0.15) is 0 Å². The highest BCUT2D eigenvalue weighted by molar-refractivity contribution is 5.94. The molecule has 0 aliphatic rings. The average molecular weight is 342 g/mol. The Labute approximate surface area is 145 Å². The van der Waals surface area contributed by atoms with Gasteiger partial charge < -0.3 is 16.0 Å². The molecule has 6 heteroatoms. The number of hydrogen-bond acceptors (Lipinski definition) is 3. The van der Waals surface area contributed by atoms with E-state index in [0.717, 1.165) is 18.4 Å². The van der Waals surface area contributed by atoms with Gasteiger partial charge in [0.05, 0.1) is 0 Å². The van der Waals surface area contributed by atoms with Crippen LogP contribution in [0.1, 0.15) is 42.6 Å². The molecule has 3 N–H and O–H groups in total. The molecule has 0 aliphatic heterocycles. The van der Waals surface area contributed by atoms with Crippen molar-refractivity contribution >= 4 is 24.2 Å². The Bertz CT molecular complexity index is 477. The van der Waals surface area contributed by atoms with Gasteiger partial charge in [0.15, 0.2) is 0 Å². The van der Waals surface area contributed by atoms with E-state index in [2.05, 4.69) is 22.9 Å². The van der Waals surface area contributed by atoms with Crippen molar-refractivity contribution in [3.8, 4) is 0 Å². The van der Waals surface area contributed by atoms with Crippen LogP contribution >= 0.6 is 12.4 Å². The fourth-order valence-electron chi connectivity index (χ4n) is 2.02.